The van der Waals surface area contributed by atoms with Gasteiger partial charge in [0, 0.05) is 37.0 Å². The van der Waals surface area contributed by atoms with E-state index in [1.165, 1.54) is 12.1 Å². The lowest BCUT2D eigenvalue weighted by atomic mass is 9.92. The number of carboxylic acid groups (broad SMARTS) is 1. The van der Waals surface area contributed by atoms with Gasteiger partial charge in [-0.3, -0.25) is 15.2 Å². The van der Waals surface area contributed by atoms with Crippen LogP contribution in [0, 0.1) is 19.7 Å². The molecule has 0 amide bonds. The van der Waals surface area contributed by atoms with Crippen LogP contribution in [0.2, 0.25) is 0 Å². The number of nitrogens with zero attached hydrogens (tertiary/aromatic N) is 1. The van der Waals surface area contributed by atoms with E-state index >= 15 is 0 Å². The minimum atomic E-state index is -0.862. The number of rotatable bonds is 8. The zero-order chi connectivity index (χ0) is 21.5. The third kappa shape index (κ3) is 5.55. The topological polar surface area (TPSA) is 61.8 Å². The van der Waals surface area contributed by atoms with Gasteiger partial charge in [0.1, 0.15) is 5.82 Å². The first kappa shape index (κ1) is 21.7. The first-order valence-electron chi connectivity index (χ1n) is 10.0. The number of aliphatic carboxylic acids is 1. The second-order valence-corrected chi connectivity index (χ2v) is 7.40. The second-order valence-electron chi connectivity index (χ2n) is 7.40. The van der Waals surface area contributed by atoms with Crippen molar-refractivity contribution in [1.82, 2.24) is 10.4 Å². The molecule has 2 N–H and O–H groups in total. The molecule has 6 heteroatoms. The van der Waals surface area contributed by atoms with Gasteiger partial charge in [0.15, 0.2) is 0 Å². The Morgan fingerprint density at radius 2 is 1.97 bits per heavy atom. The molecule has 0 unspecified atom stereocenters. The van der Waals surface area contributed by atoms with Gasteiger partial charge in [0.25, 0.3) is 0 Å². The zero-order valence-electron chi connectivity index (χ0n) is 17.3. The molecule has 1 aliphatic heterocycles. The molecule has 1 heterocycles. The number of nitrogens with one attached hydrogen (secondary N) is 1. The van der Waals surface area contributed by atoms with Crippen molar-refractivity contribution in [3.05, 3.63) is 88.4 Å². The summed E-state index contributed by atoms with van der Waals surface area (Å²) in [4.78, 5) is 18.8. The number of hydroxylamine groups is 1. The molecule has 0 spiro atoms. The number of carboxylic acids is 1. The van der Waals surface area contributed by atoms with Crippen LogP contribution in [0.25, 0.3) is 5.57 Å². The van der Waals surface area contributed by atoms with E-state index in [0.29, 0.717) is 25.3 Å². The average Bonchev–Trinajstić information content (AvgIpc) is 2.72. The highest BCUT2D eigenvalue weighted by Gasteiger charge is 2.17. The van der Waals surface area contributed by atoms with Crippen LogP contribution < -0.4 is 5.48 Å². The van der Waals surface area contributed by atoms with Gasteiger partial charge in [-0.1, -0.05) is 36.4 Å². The van der Waals surface area contributed by atoms with Crippen molar-refractivity contribution in [2.45, 2.75) is 20.3 Å². The van der Waals surface area contributed by atoms with E-state index < -0.39 is 5.97 Å². The summed E-state index contributed by atoms with van der Waals surface area (Å²) >= 11 is 0. The highest BCUT2D eigenvalue weighted by molar-refractivity contribution is 5.87. The molecule has 0 bridgehead atoms. The number of hydrogen-bond donors (Lipinski definition) is 2. The molecule has 158 valence electrons. The van der Waals surface area contributed by atoms with Gasteiger partial charge in [0.2, 0.25) is 0 Å². The molecule has 0 aromatic heterocycles. The summed E-state index contributed by atoms with van der Waals surface area (Å²) in [5, 5.41) is 9.14. The standard InChI is InChI=1S/C24H27FN2O3/c1-17-6-3-4-8-21(17)23(22-10-9-20(25)14-18(22)2)15-26-30-13-12-27-11-5-7-19(16-27)24(28)29/h3-4,6-10,14-15,26H,5,11-13,16H2,1-2H3,(H,28,29). The number of benzene rings is 2. The molecule has 0 aliphatic carbocycles. The van der Waals surface area contributed by atoms with E-state index in [1.807, 2.05) is 38.1 Å². The van der Waals surface area contributed by atoms with Gasteiger partial charge in [-0.2, -0.15) is 0 Å². The molecule has 0 saturated heterocycles. The lowest BCUT2D eigenvalue weighted by Gasteiger charge is -2.25. The Morgan fingerprint density at radius 3 is 2.70 bits per heavy atom. The van der Waals surface area contributed by atoms with Crippen LogP contribution in [0.15, 0.2) is 60.3 Å². The molecular formula is C24H27FN2O3. The maximum atomic E-state index is 13.6. The highest BCUT2D eigenvalue weighted by atomic mass is 19.1. The molecule has 0 atom stereocenters. The van der Waals surface area contributed by atoms with Gasteiger partial charge in [-0.15, -0.1) is 0 Å². The van der Waals surface area contributed by atoms with Gasteiger partial charge in [-0.25, -0.2) is 9.18 Å². The molecule has 1 aliphatic rings. The van der Waals surface area contributed by atoms with Gasteiger partial charge in [-0.05, 0) is 54.7 Å². The van der Waals surface area contributed by atoms with Crippen molar-refractivity contribution in [3.8, 4) is 0 Å². The normalized spacial score (nSPS) is 15.0. The van der Waals surface area contributed by atoms with Crippen LogP contribution in [0.4, 0.5) is 4.39 Å². The quantitative estimate of drug-likeness (QED) is 0.507. The first-order valence-corrected chi connectivity index (χ1v) is 10.0. The Morgan fingerprint density at radius 1 is 1.20 bits per heavy atom. The van der Waals surface area contributed by atoms with E-state index in [2.05, 4.69) is 10.4 Å². The van der Waals surface area contributed by atoms with Gasteiger partial charge in [0.05, 0.1) is 6.61 Å². The predicted octanol–water partition coefficient (Wildman–Crippen LogP) is 4.07. The molecular weight excluding hydrogens is 383 g/mol. The molecule has 5 nitrogen and oxygen atoms in total. The summed E-state index contributed by atoms with van der Waals surface area (Å²) in [5.74, 6) is -1.12. The monoisotopic (exact) mass is 410 g/mol. The lowest BCUT2D eigenvalue weighted by Crippen LogP contribution is -2.35. The number of carbonyl (C=O) groups is 1. The van der Waals surface area contributed by atoms with E-state index in [0.717, 1.165) is 40.8 Å². The zero-order valence-corrected chi connectivity index (χ0v) is 17.3. The summed E-state index contributed by atoms with van der Waals surface area (Å²) in [5.41, 5.74) is 8.17. The minimum Gasteiger partial charge on any atom is -0.478 e. The molecule has 3 rings (SSSR count). The van der Waals surface area contributed by atoms with Crippen molar-refractivity contribution in [3.63, 3.8) is 0 Å². The Bertz CT molecular complexity index is 969. The number of hydrogen-bond acceptors (Lipinski definition) is 4. The summed E-state index contributed by atoms with van der Waals surface area (Å²) in [6.45, 7) is 6.20. The Balaban J connectivity index is 1.67. The third-order valence-electron chi connectivity index (χ3n) is 5.21. The van der Waals surface area contributed by atoms with Crippen molar-refractivity contribution >= 4 is 11.5 Å². The van der Waals surface area contributed by atoms with Crippen LogP contribution in [-0.4, -0.2) is 42.2 Å². The maximum absolute atomic E-state index is 13.6. The second kappa shape index (κ2) is 10.2. The van der Waals surface area contributed by atoms with Crippen LogP contribution >= 0.6 is 0 Å². The summed E-state index contributed by atoms with van der Waals surface area (Å²) < 4.78 is 13.6. The Hall–Kier alpha value is -2.96. The van der Waals surface area contributed by atoms with Crippen molar-refractivity contribution < 1.29 is 19.1 Å². The van der Waals surface area contributed by atoms with Crippen LogP contribution in [0.1, 0.15) is 28.7 Å². The van der Waals surface area contributed by atoms with Crippen LogP contribution in [0.5, 0.6) is 0 Å². The summed E-state index contributed by atoms with van der Waals surface area (Å²) in [7, 11) is 0. The number of aryl methyl sites for hydroxylation is 2. The van der Waals surface area contributed by atoms with Gasteiger partial charge < -0.3 is 5.11 Å². The van der Waals surface area contributed by atoms with Crippen LogP contribution in [0.3, 0.4) is 0 Å². The SMILES string of the molecule is Cc1ccccc1C(=CNOCCN1CCC=C(C(=O)O)C1)c1ccc(F)cc1C. The third-order valence-corrected chi connectivity index (χ3v) is 5.21. The number of halogens is 1. The smallest absolute Gasteiger partial charge is 0.332 e. The van der Waals surface area contributed by atoms with E-state index in [9.17, 15) is 9.18 Å². The van der Waals surface area contributed by atoms with E-state index in [4.69, 9.17) is 9.94 Å². The largest absolute Gasteiger partial charge is 0.478 e. The lowest BCUT2D eigenvalue weighted by molar-refractivity contribution is -0.133. The molecule has 0 radical (unpaired) electrons. The van der Waals surface area contributed by atoms with Crippen molar-refractivity contribution in [1.29, 1.82) is 0 Å². The fourth-order valence-corrected chi connectivity index (χ4v) is 3.59. The summed E-state index contributed by atoms with van der Waals surface area (Å²) in [6, 6.07) is 12.8. The Kier molecular flexibility index (Phi) is 7.38. The Labute approximate surface area is 176 Å². The predicted molar refractivity (Wildman–Crippen MR) is 115 cm³/mol. The fraction of sp³-hybridized carbons (Fsp3) is 0.292. The first-order chi connectivity index (χ1) is 14.5. The summed E-state index contributed by atoms with van der Waals surface area (Å²) in [6.07, 6.45) is 4.30. The fourth-order valence-electron chi connectivity index (χ4n) is 3.59. The van der Waals surface area contributed by atoms with Crippen LogP contribution in [-0.2, 0) is 9.63 Å². The van der Waals surface area contributed by atoms with Gasteiger partial charge >= 0.3 is 5.97 Å². The molecule has 0 saturated carbocycles. The molecule has 0 fully saturated rings. The highest BCUT2D eigenvalue weighted by Crippen LogP contribution is 2.28. The molecule has 30 heavy (non-hydrogen) atoms. The minimum absolute atomic E-state index is 0.263. The van der Waals surface area contributed by atoms with Crippen molar-refractivity contribution in [2.75, 3.05) is 26.2 Å². The van der Waals surface area contributed by atoms with E-state index in [1.54, 1.807) is 18.3 Å². The average molecular weight is 410 g/mol. The molecule has 2 aromatic carbocycles. The molecule has 2 aromatic rings. The van der Waals surface area contributed by atoms with Crippen molar-refractivity contribution in [2.24, 2.45) is 0 Å². The van der Waals surface area contributed by atoms with E-state index in [-0.39, 0.29) is 5.82 Å². The maximum Gasteiger partial charge on any atom is 0.332 e.